The highest BCUT2D eigenvalue weighted by atomic mass is 32.2. The molecule has 0 radical (unpaired) electrons. The van der Waals surface area contributed by atoms with Gasteiger partial charge in [0.1, 0.15) is 11.3 Å². The summed E-state index contributed by atoms with van der Waals surface area (Å²) in [6, 6.07) is 3.20. The Bertz CT molecular complexity index is 595. The summed E-state index contributed by atoms with van der Waals surface area (Å²) in [4.78, 5) is 10.7. The second-order valence-corrected chi connectivity index (χ2v) is 7.04. The van der Waals surface area contributed by atoms with Crippen LogP contribution in [0.3, 0.4) is 0 Å². The zero-order chi connectivity index (χ0) is 16.0. The Morgan fingerprint density at radius 1 is 1.29 bits per heavy atom. The van der Waals surface area contributed by atoms with Crippen molar-refractivity contribution in [2.45, 2.75) is 38.0 Å². The molecule has 21 heavy (non-hydrogen) atoms. The third-order valence-electron chi connectivity index (χ3n) is 3.01. The Labute approximate surface area is 124 Å². The average Bonchev–Trinajstić information content (AvgIpc) is 2.37. The fourth-order valence-electron chi connectivity index (χ4n) is 1.82. The highest BCUT2D eigenvalue weighted by molar-refractivity contribution is 7.89. The quantitative estimate of drug-likeness (QED) is 0.638. The summed E-state index contributed by atoms with van der Waals surface area (Å²) in [6.07, 6.45) is 2.68. The molecule has 0 aliphatic carbocycles. The third-order valence-corrected chi connectivity index (χ3v) is 4.47. The number of carboxylic acid groups (broad SMARTS) is 1. The molecule has 0 bridgehead atoms. The number of hydrogen-bond acceptors (Lipinski definition) is 4. The number of hydrogen-bond donors (Lipinski definition) is 3. The summed E-state index contributed by atoms with van der Waals surface area (Å²) < 4.78 is 26.5. The molecule has 0 saturated carbocycles. The third kappa shape index (κ3) is 5.35. The SMILES string of the molecule is CC(C)CCCCNS(=O)(=O)c1ccc(O)c(C(=O)O)c1. The lowest BCUT2D eigenvalue weighted by Gasteiger charge is -2.09. The molecule has 0 fully saturated rings. The van der Waals surface area contributed by atoms with Gasteiger partial charge in [0, 0.05) is 6.54 Å². The molecule has 0 atom stereocenters. The minimum Gasteiger partial charge on any atom is -0.507 e. The normalized spacial score (nSPS) is 11.8. The zero-order valence-corrected chi connectivity index (χ0v) is 13.0. The molecule has 0 spiro atoms. The molecule has 1 aromatic rings. The second-order valence-electron chi connectivity index (χ2n) is 5.27. The molecule has 6 nitrogen and oxygen atoms in total. The van der Waals surface area contributed by atoms with Gasteiger partial charge in [-0.15, -0.1) is 0 Å². The molecule has 0 aromatic heterocycles. The standard InChI is InChI=1S/C14H21NO5S/c1-10(2)5-3-4-8-15-21(19,20)11-6-7-13(16)12(9-11)14(17)18/h6-7,9-10,15-16H,3-5,8H2,1-2H3,(H,17,18). The van der Waals surface area contributed by atoms with Gasteiger partial charge in [-0.1, -0.05) is 26.7 Å². The topological polar surface area (TPSA) is 104 Å². The number of rotatable bonds is 8. The first-order valence-electron chi connectivity index (χ1n) is 6.80. The van der Waals surface area contributed by atoms with Crippen molar-refractivity contribution in [3.63, 3.8) is 0 Å². The molecule has 0 amide bonds. The van der Waals surface area contributed by atoms with Crippen LogP contribution in [-0.4, -0.2) is 31.1 Å². The summed E-state index contributed by atoms with van der Waals surface area (Å²) in [5.41, 5.74) is -0.433. The number of carboxylic acids is 1. The lowest BCUT2D eigenvalue weighted by Crippen LogP contribution is -2.25. The summed E-state index contributed by atoms with van der Waals surface area (Å²) >= 11 is 0. The first-order chi connectivity index (χ1) is 9.74. The predicted molar refractivity (Wildman–Crippen MR) is 78.9 cm³/mol. The number of sulfonamides is 1. The van der Waals surface area contributed by atoms with E-state index in [1.165, 1.54) is 6.07 Å². The Kier molecular flexibility index (Phi) is 6.17. The van der Waals surface area contributed by atoms with E-state index < -0.39 is 27.3 Å². The molecular weight excluding hydrogens is 294 g/mol. The molecule has 0 unspecified atom stereocenters. The molecule has 1 aromatic carbocycles. The summed E-state index contributed by atoms with van der Waals surface area (Å²) in [6.45, 7) is 4.51. The van der Waals surface area contributed by atoms with Crippen LogP contribution in [0, 0.1) is 5.92 Å². The molecule has 0 saturated heterocycles. The molecule has 0 aliphatic rings. The van der Waals surface area contributed by atoms with E-state index in [4.69, 9.17) is 5.11 Å². The second kappa shape index (κ2) is 7.42. The van der Waals surface area contributed by atoms with Crippen molar-refractivity contribution in [3.05, 3.63) is 23.8 Å². The average molecular weight is 315 g/mol. The Hall–Kier alpha value is -1.60. The van der Waals surface area contributed by atoms with Crippen molar-refractivity contribution >= 4 is 16.0 Å². The minimum atomic E-state index is -3.76. The van der Waals surface area contributed by atoms with Crippen LogP contribution < -0.4 is 4.72 Å². The minimum absolute atomic E-state index is 0.165. The maximum atomic E-state index is 12.0. The molecule has 7 heteroatoms. The van der Waals surface area contributed by atoms with Crippen molar-refractivity contribution in [2.24, 2.45) is 5.92 Å². The smallest absolute Gasteiger partial charge is 0.339 e. The van der Waals surface area contributed by atoms with Gasteiger partial charge in [0.2, 0.25) is 10.0 Å². The Morgan fingerprint density at radius 2 is 1.95 bits per heavy atom. The highest BCUT2D eigenvalue weighted by Crippen LogP contribution is 2.21. The predicted octanol–water partition coefficient (Wildman–Crippen LogP) is 2.20. The van der Waals surface area contributed by atoms with Crippen LogP contribution in [0.4, 0.5) is 0 Å². The van der Waals surface area contributed by atoms with Crippen LogP contribution in [0.2, 0.25) is 0 Å². The highest BCUT2D eigenvalue weighted by Gasteiger charge is 2.18. The van der Waals surface area contributed by atoms with Crippen molar-refractivity contribution in [3.8, 4) is 5.75 Å². The van der Waals surface area contributed by atoms with E-state index in [1.54, 1.807) is 0 Å². The first kappa shape index (κ1) is 17.5. The number of aromatic hydroxyl groups is 1. The van der Waals surface area contributed by atoms with E-state index in [1.807, 2.05) is 0 Å². The van der Waals surface area contributed by atoms with E-state index in [0.29, 0.717) is 12.5 Å². The number of carbonyl (C=O) groups is 1. The Balaban J connectivity index is 2.70. The number of phenols is 1. The maximum absolute atomic E-state index is 12.0. The van der Waals surface area contributed by atoms with Crippen LogP contribution in [0.15, 0.2) is 23.1 Å². The number of benzene rings is 1. The molecule has 0 heterocycles. The molecular formula is C14H21NO5S. The van der Waals surface area contributed by atoms with E-state index in [9.17, 15) is 18.3 Å². The van der Waals surface area contributed by atoms with Crippen LogP contribution in [0.25, 0.3) is 0 Å². The van der Waals surface area contributed by atoms with Crippen molar-refractivity contribution in [1.82, 2.24) is 4.72 Å². The van der Waals surface area contributed by atoms with Crippen LogP contribution in [0.1, 0.15) is 43.5 Å². The fourth-order valence-corrected chi connectivity index (χ4v) is 2.92. The maximum Gasteiger partial charge on any atom is 0.339 e. The van der Waals surface area contributed by atoms with Gasteiger partial charge in [0.15, 0.2) is 0 Å². The van der Waals surface area contributed by atoms with Gasteiger partial charge in [-0.05, 0) is 30.5 Å². The van der Waals surface area contributed by atoms with Gasteiger partial charge in [0.05, 0.1) is 4.90 Å². The van der Waals surface area contributed by atoms with E-state index >= 15 is 0 Å². The number of aromatic carboxylic acids is 1. The van der Waals surface area contributed by atoms with Crippen LogP contribution >= 0.6 is 0 Å². The molecule has 3 N–H and O–H groups in total. The van der Waals surface area contributed by atoms with Crippen LogP contribution in [-0.2, 0) is 10.0 Å². The first-order valence-corrected chi connectivity index (χ1v) is 8.28. The fraction of sp³-hybridized carbons (Fsp3) is 0.500. The largest absolute Gasteiger partial charge is 0.507 e. The monoisotopic (exact) mass is 315 g/mol. The summed E-state index contributed by atoms with van der Waals surface area (Å²) in [7, 11) is -3.76. The molecule has 1 rings (SSSR count). The van der Waals surface area contributed by atoms with E-state index in [-0.39, 0.29) is 4.90 Å². The van der Waals surface area contributed by atoms with E-state index in [0.717, 1.165) is 31.4 Å². The van der Waals surface area contributed by atoms with E-state index in [2.05, 4.69) is 18.6 Å². The zero-order valence-electron chi connectivity index (χ0n) is 12.2. The van der Waals surface area contributed by atoms with Crippen LogP contribution in [0.5, 0.6) is 5.75 Å². The van der Waals surface area contributed by atoms with Gasteiger partial charge in [-0.2, -0.15) is 0 Å². The molecule has 0 aliphatic heterocycles. The number of nitrogens with one attached hydrogen (secondary N) is 1. The lowest BCUT2D eigenvalue weighted by atomic mass is 10.1. The Morgan fingerprint density at radius 3 is 2.52 bits per heavy atom. The van der Waals surface area contributed by atoms with Gasteiger partial charge < -0.3 is 10.2 Å². The summed E-state index contributed by atoms with van der Waals surface area (Å²) in [5, 5.41) is 18.3. The van der Waals surface area contributed by atoms with Gasteiger partial charge in [-0.3, -0.25) is 0 Å². The summed E-state index contributed by atoms with van der Waals surface area (Å²) in [5.74, 6) is -1.25. The lowest BCUT2D eigenvalue weighted by molar-refractivity contribution is 0.0693. The van der Waals surface area contributed by atoms with Crippen molar-refractivity contribution < 1.29 is 23.4 Å². The van der Waals surface area contributed by atoms with Gasteiger partial charge in [0.25, 0.3) is 0 Å². The van der Waals surface area contributed by atoms with Crippen molar-refractivity contribution in [1.29, 1.82) is 0 Å². The van der Waals surface area contributed by atoms with Crippen molar-refractivity contribution in [2.75, 3.05) is 6.54 Å². The number of unbranched alkanes of at least 4 members (excludes halogenated alkanes) is 1. The van der Waals surface area contributed by atoms with Gasteiger partial charge >= 0.3 is 5.97 Å². The molecule has 118 valence electrons. The van der Waals surface area contributed by atoms with Gasteiger partial charge in [-0.25, -0.2) is 17.9 Å².